The first-order chi connectivity index (χ1) is 17.5. The van der Waals surface area contributed by atoms with E-state index in [1.54, 1.807) is 6.08 Å². The van der Waals surface area contributed by atoms with Gasteiger partial charge in [-0.25, -0.2) is 0 Å². The molecule has 1 aliphatic rings. The lowest BCUT2D eigenvalue weighted by atomic mass is 10.1. The van der Waals surface area contributed by atoms with E-state index in [9.17, 15) is 9.59 Å². The van der Waals surface area contributed by atoms with Crippen molar-refractivity contribution in [2.24, 2.45) is 5.10 Å². The molecule has 0 unspecified atom stereocenters. The molecule has 3 aromatic rings. The van der Waals surface area contributed by atoms with E-state index in [1.165, 1.54) is 5.01 Å². The summed E-state index contributed by atoms with van der Waals surface area (Å²) in [5, 5.41) is 8.69. The van der Waals surface area contributed by atoms with E-state index in [2.05, 4.69) is 33.0 Å². The minimum absolute atomic E-state index is 0.139. The van der Waals surface area contributed by atoms with Crippen LogP contribution in [0.25, 0.3) is 6.08 Å². The van der Waals surface area contributed by atoms with Crippen LogP contribution in [0.1, 0.15) is 25.0 Å². The minimum atomic E-state index is -0.229. The number of hydrogen-bond donors (Lipinski definition) is 1. The highest BCUT2D eigenvalue weighted by Crippen LogP contribution is 2.35. The molecule has 0 bridgehead atoms. The third kappa shape index (κ3) is 6.12. The Morgan fingerprint density at radius 1 is 1.06 bits per heavy atom. The van der Waals surface area contributed by atoms with Crippen molar-refractivity contribution < 1.29 is 19.1 Å². The average Bonchev–Trinajstić information content (AvgIpc) is 3.16. The molecule has 3 aromatic carbocycles. The van der Waals surface area contributed by atoms with Gasteiger partial charge in [0.1, 0.15) is 0 Å². The molecule has 0 aliphatic carbocycles. The van der Waals surface area contributed by atoms with Crippen LogP contribution in [-0.2, 0) is 16.1 Å². The first kappa shape index (κ1) is 25.4. The number of nitrogens with zero attached hydrogens (tertiary/aromatic N) is 2. The number of rotatable bonds is 9. The number of hydrazone groups is 1. The van der Waals surface area contributed by atoms with Gasteiger partial charge in [0.25, 0.3) is 11.8 Å². The Hall–Kier alpha value is -3.66. The van der Waals surface area contributed by atoms with Crippen LogP contribution < -0.4 is 19.8 Å². The smallest absolute Gasteiger partial charge is 0.280 e. The minimum Gasteiger partial charge on any atom is -0.490 e. The summed E-state index contributed by atoms with van der Waals surface area (Å²) in [6.07, 6.45) is 1.80. The number of anilines is 1. The van der Waals surface area contributed by atoms with Gasteiger partial charge in [-0.1, -0.05) is 48.5 Å². The van der Waals surface area contributed by atoms with E-state index in [0.717, 1.165) is 14.7 Å². The van der Waals surface area contributed by atoms with E-state index >= 15 is 0 Å². The standard InChI is InChI=1S/C28H26IN3O4/c1-3-35-25-16-21(14-23-19(2)31-32(28(23)34)22-12-8-5-9-13-22)15-24(29)27(25)36-18-26(33)30-17-20-10-6-4-7-11-20/h4-16H,3,17-18H2,1-2H3,(H,30,33). The molecule has 8 heteroatoms. The van der Waals surface area contributed by atoms with Gasteiger partial charge in [-0.3, -0.25) is 9.59 Å². The van der Waals surface area contributed by atoms with E-state index in [4.69, 9.17) is 9.47 Å². The summed E-state index contributed by atoms with van der Waals surface area (Å²) in [5.41, 5.74) is 3.64. The second-order valence-corrected chi connectivity index (χ2v) is 9.17. The van der Waals surface area contributed by atoms with Crippen LogP contribution in [0.3, 0.4) is 0 Å². The van der Waals surface area contributed by atoms with Crippen LogP contribution in [0.5, 0.6) is 11.5 Å². The third-order valence-corrected chi connectivity index (χ3v) is 6.19. The van der Waals surface area contributed by atoms with Gasteiger partial charge in [-0.2, -0.15) is 10.1 Å². The Balaban J connectivity index is 1.49. The largest absolute Gasteiger partial charge is 0.490 e. The molecule has 0 aromatic heterocycles. The second kappa shape index (κ2) is 11.9. The average molecular weight is 595 g/mol. The first-order valence-corrected chi connectivity index (χ1v) is 12.6. The molecule has 36 heavy (non-hydrogen) atoms. The molecule has 0 saturated heterocycles. The molecule has 0 radical (unpaired) electrons. The maximum atomic E-state index is 13.1. The lowest BCUT2D eigenvalue weighted by molar-refractivity contribution is -0.123. The second-order valence-electron chi connectivity index (χ2n) is 8.01. The monoisotopic (exact) mass is 595 g/mol. The van der Waals surface area contributed by atoms with E-state index in [-0.39, 0.29) is 18.4 Å². The van der Waals surface area contributed by atoms with Crippen LogP contribution in [0.15, 0.2) is 83.5 Å². The van der Waals surface area contributed by atoms with Crippen molar-refractivity contribution in [2.75, 3.05) is 18.2 Å². The number of amides is 2. The predicted molar refractivity (Wildman–Crippen MR) is 149 cm³/mol. The van der Waals surface area contributed by atoms with Crippen molar-refractivity contribution in [2.45, 2.75) is 20.4 Å². The molecule has 0 spiro atoms. The highest BCUT2D eigenvalue weighted by molar-refractivity contribution is 14.1. The molecular weight excluding hydrogens is 569 g/mol. The van der Waals surface area contributed by atoms with Crippen molar-refractivity contribution in [3.63, 3.8) is 0 Å². The van der Waals surface area contributed by atoms with Crippen LogP contribution in [-0.4, -0.2) is 30.7 Å². The van der Waals surface area contributed by atoms with Crippen molar-refractivity contribution in [1.29, 1.82) is 0 Å². The van der Waals surface area contributed by atoms with Gasteiger partial charge in [-0.05, 0) is 77.9 Å². The number of nitrogens with one attached hydrogen (secondary N) is 1. The molecule has 1 aliphatic heterocycles. The van der Waals surface area contributed by atoms with Gasteiger partial charge in [0.05, 0.1) is 27.1 Å². The SMILES string of the molecule is CCOc1cc(C=C2C(=O)N(c3ccccc3)N=C2C)cc(I)c1OCC(=O)NCc1ccccc1. The summed E-state index contributed by atoms with van der Waals surface area (Å²) in [7, 11) is 0. The highest BCUT2D eigenvalue weighted by atomic mass is 127. The maximum absolute atomic E-state index is 13.1. The summed E-state index contributed by atoms with van der Waals surface area (Å²) in [4.78, 5) is 25.4. The number of ether oxygens (including phenoxy) is 2. The first-order valence-electron chi connectivity index (χ1n) is 11.5. The summed E-state index contributed by atoms with van der Waals surface area (Å²) in [5.74, 6) is 0.574. The molecule has 0 saturated carbocycles. The maximum Gasteiger partial charge on any atom is 0.280 e. The summed E-state index contributed by atoms with van der Waals surface area (Å²) < 4.78 is 12.4. The quantitative estimate of drug-likeness (QED) is 0.273. The van der Waals surface area contributed by atoms with E-state index < -0.39 is 0 Å². The van der Waals surface area contributed by atoms with E-state index in [0.29, 0.717) is 41.6 Å². The van der Waals surface area contributed by atoms with Crippen LogP contribution >= 0.6 is 22.6 Å². The molecular formula is C28H26IN3O4. The number of hydrogen-bond acceptors (Lipinski definition) is 5. The molecule has 7 nitrogen and oxygen atoms in total. The van der Waals surface area contributed by atoms with Gasteiger partial charge in [0, 0.05) is 6.54 Å². The normalized spacial score (nSPS) is 14.1. The van der Waals surface area contributed by atoms with Crippen molar-refractivity contribution in [3.05, 3.63) is 93.1 Å². The Bertz CT molecular complexity index is 1310. The predicted octanol–water partition coefficient (Wildman–Crippen LogP) is 5.19. The van der Waals surface area contributed by atoms with Crippen LogP contribution in [0.4, 0.5) is 5.69 Å². The summed E-state index contributed by atoms with van der Waals surface area (Å²) in [6.45, 7) is 4.41. The Labute approximate surface area is 223 Å². The van der Waals surface area contributed by atoms with E-state index in [1.807, 2.05) is 86.6 Å². The molecule has 4 rings (SSSR count). The molecule has 1 N–H and O–H groups in total. The number of carbonyl (C=O) groups excluding carboxylic acids is 2. The summed E-state index contributed by atoms with van der Waals surface area (Å²) in [6, 6.07) is 22.7. The fourth-order valence-corrected chi connectivity index (χ4v) is 4.44. The topological polar surface area (TPSA) is 80.2 Å². The van der Waals surface area contributed by atoms with Gasteiger partial charge < -0.3 is 14.8 Å². The zero-order valence-corrected chi connectivity index (χ0v) is 22.2. The van der Waals surface area contributed by atoms with Gasteiger partial charge >= 0.3 is 0 Å². The number of carbonyl (C=O) groups is 2. The Morgan fingerprint density at radius 2 is 1.75 bits per heavy atom. The zero-order chi connectivity index (χ0) is 25.5. The number of halogens is 1. The van der Waals surface area contributed by atoms with Crippen LogP contribution in [0, 0.1) is 3.57 Å². The highest BCUT2D eigenvalue weighted by Gasteiger charge is 2.28. The molecule has 184 valence electrons. The number of benzene rings is 3. The van der Waals surface area contributed by atoms with Crippen molar-refractivity contribution in [3.8, 4) is 11.5 Å². The Kier molecular flexibility index (Phi) is 8.37. The third-order valence-electron chi connectivity index (χ3n) is 5.39. The van der Waals surface area contributed by atoms with Crippen molar-refractivity contribution >= 4 is 51.9 Å². The fourth-order valence-electron chi connectivity index (χ4n) is 3.65. The molecule has 1 heterocycles. The van der Waals surface area contributed by atoms with Gasteiger partial charge in [0.2, 0.25) is 0 Å². The molecule has 0 fully saturated rings. The fraction of sp³-hybridized carbons (Fsp3) is 0.179. The number of para-hydroxylation sites is 1. The molecule has 0 atom stereocenters. The Morgan fingerprint density at radius 3 is 2.44 bits per heavy atom. The lowest BCUT2D eigenvalue weighted by Crippen LogP contribution is -2.28. The summed E-state index contributed by atoms with van der Waals surface area (Å²) >= 11 is 2.15. The van der Waals surface area contributed by atoms with Crippen LogP contribution in [0.2, 0.25) is 0 Å². The van der Waals surface area contributed by atoms with Gasteiger partial charge in [0.15, 0.2) is 18.1 Å². The van der Waals surface area contributed by atoms with Crippen molar-refractivity contribution in [1.82, 2.24) is 5.32 Å². The molecule has 2 amide bonds. The zero-order valence-electron chi connectivity index (χ0n) is 20.0. The van der Waals surface area contributed by atoms with Gasteiger partial charge in [-0.15, -0.1) is 0 Å². The lowest BCUT2D eigenvalue weighted by Gasteiger charge is -2.15.